The number of fused-ring (bicyclic) bond motifs is 2. The molecule has 3 heterocycles. The zero-order chi connectivity index (χ0) is 20.5. The van der Waals surface area contributed by atoms with Crippen LogP contribution in [0, 0.1) is 0 Å². The Morgan fingerprint density at radius 2 is 1.20 bits per heavy atom. The fourth-order valence-corrected chi connectivity index (χ4v) is 4.33. The molecule has 5 heteroatoms. The summed E-state index contributed by atoms with van der Waals surface area (Å²) in [7, 11) is 0. The topological polar surface area (TPSA) is 53.5 Å². The van der Waals surface area contributed by atoms with Crippen LogP contribution in [0.5, 0.6) is 0 Å². The van der Waals surface area contributed by atoms with Crippen molar-refractivity contribution in [2.75, 3.05) is 13.1 Å². The van der Waals surface area contributed by atoms with Crippen LogP contribution in [0.2, 0.25) is 0 Å². The Hall–Kier alpha value is -3.47. The van der Waals surface area contributed by atoms with Gasteiger partial charge in [0, 0.05) is 32.4 Å². The van der Waals surface area contributed by atoms with Gasteiger partial charge in [-0.05, 0) is 47.2 Å². The number of rotatable bonds is 2. The highest BCUT2D eigenvalue weighted by atomic mass is 16.2. The van der Waals surface area contributed by atoms with Crippen LogP contribution in [-0.4, -0.2) is 39.7 Å². The van der Waals surface area contributed by atoms with Gasteiger partial charge in [0.2, 0.25) is 0 Å². The minimum absolute atomic E-state index is 0.0390. The first-order chi connectivity index (χ1) is 14.7. The number of pyridine rings is 1. The Bertz CT molecular complexity index is 1020. The summed E-state index contributed by atoms with van der Waals surface area (Å²) in [6.07, 6.45) is 3.26. The summed E-state index contributed by atoms with van der Waals surface area (Å²) in [6.45, 7) is 2.60. The van der Waals surface area contributed by atoms with Gasteiger partial charge in [-0.25, -0.2) is 0 Å². The fraction of sp³-hybridized carbons (Fsp3) is 0.240. The second kappa shape index (κ2) is 7.75. The maximum atomic E-state index is 12.9. The lowest BCUT2D eigenvalue weighted by atomic mass is 9.99. The molecule has 2 aromatic carbocycles. The second-order valence-corrected chi connectivity index (χ2v) is 7.92. The first kappa shape index (κ1) is 18.6. The molecule has 0 N–H and O–H groups in total. The van der Waals surface area contributed by atoms with Gasteiger partial charge in [0.15, 0.2) is 0 Å². The zero-order valence-corrected chi connectivity index (χ0v) is 16.8. The van der Waals surface area contributed by atoms with Crippen molar-refractivity contribution in [2.45, 2.75) is 25.9 Å². The molecule has 150 valence electrons. The number of hydrogen-bond acceptors (Lipinski definition) is 3. The Balaban J connectivity index is 1.28. The molecular formula is C25H23N3O2. The van der Waals surface area contributed by atoms with Gasteiger partial charge in [-0.1, -0.05) is 48.5 Å². The van der Waals surface area contributed by atoms with E-state index in [-0.39, 0.29) is 11.8 Å². The summed E-state index contributed by atoms with van der Waals surface area (Å²) in [5, 5.41) is 0. The molecule has 0 unspecified atom stereocenters. The molecule has 30 heavy (non-hydrogen) atoms. The van der Waals surface area contributed by atoms with Gasteiger partial charge >= 0.3 is 0 Å². The Morgan fingerprint density at radius 1 is 0.667 bits per heavy atom. The van der Waals surface area contributed by atoms with E-state index in [2.05, 4.69) is 29.2 Å². The molecule has 0 saturated heterocycles. The third kappa shape index (κ3) is 3.47. The lowest BCUT2D eigenvalue weighted by Gasteiger charge is -2.29. The van der Waals surface area contributed by atoms with E-state index in [4.69, 9.17) is 0 Å². The summed E-state index contributed by atoms with van der Waals surface area (Å²) < 4.78 is 0. The van der Waals surface area contributed by atoms with Crippen LogP contribution in [0.4, 0.5) is 0 Å². The lowest BCUT2D eigenvalue weighted by molar-refractivity contribution is 0.0718. The summed E-state index contributed by atoms with van der Waals surface area (Å²) in [5.74, 6) is -0.127. The SMILES string of the molecule is O=C(c1ccc(C(=O)N2CCc3ccccc3C2)nc1)N1CCc2ccccc2C1. The maximum Gasteiger partial charge on any atom is 0.272 e. The summed E-state index contributed by atoms with van der Waals surface area (Å²) in [4.78, 5) is 33.8. The molecule has 0 bridgehead atoms. The zero-order valence-electron chi connectivity index (χ0n) is 16.8. The summed E-state index contributed by atoms with van der Waals surface area (Å²) >= 11 is 0. The molecule has 5 rings (SSSR count). The highest BCUT2D eigenvalue weighted by Crippen LogP contribution is 2.22. The number of hydrogen-bond donors (Lipinski definition) is 0. The number of benzene rings is 2. The normalized spacial score (nSPS) is 15.3. The molecule has 0 fully saturated rings. The third-order valence-corrected chi connectivity index (χ3v) is 6.07. The van der Waals surface area contributed by atoms with E-state index < -0.39 is 0 Å². The number of carbonyl (C=O) groups excluding carboxylic acids is 2. The van der Waals surface area contributed by atoms with E-state index >= 15 is 0 Å². The van der Waals surface area contributed by atoms with Gasteiger partial charge in [-0.15, -0.1) is 0 Å². The van der Waals surface area contributed by atoms with Crippen molar-refractivity contribution in [1.29, 1.82) is 0 Å². The van der Waals surface area contributed by atoms with E-state index in [1.54, 1.807) is 12.1 Å². The monoisotopic (exact) mass is 397 g/mol. The van der Waals surface area contributed by atoms with E-state index in [0.717, 1.165) is 12.8 Å². The number of nitrogens with zero attached hydrogens (tertiary/aromatic N) is 3. The predicted molar refractivity (Wildman–Crippen MR) is 114 cm³/mol. The van der Waals surface area contributed by atoms with Crippen LogP contribution >= 0.6 is 0 Å². The van der Waals surface area contributed by atoms with Crippen molar-refractivity contribution >= 4 is 11.8 Å². The summed E-state index contributed by atoms with van der Waals surface area (Å²) in [5.41, 5.74) is 5.91. The Kier molecular flexibility index (Phi) is 4.79. The minimum atomic E-state index is -0.0876. The second-order valence-electron chi connectivity index (χ2n) is 7.92. The van der Waals surface area contributed by atoms with Crippen LogP contribution in [0.15, 0.2) is 66.9 Å². The molecule has 1 aromatic heterocycles. The minimum Gasteiger partial charge on any atom is -0.334 e. The standard InChI is InChI=1S/C25H23N3O2/c29-24(27-13-11-18-5-1-3-7-21(18)16-27)20-9-10-23(26-15-20)25(30)28-14-12-19-6-2-4-8-22(19)17-28/h1-10,15H,11-14,16-17H2. The van der Waals surface area contributed by atoms with Crippen LogP contribution < -0.4 is 0 Å². The molecule has 2 aliphatic rings. The van der Waals surface area contributed by atoms with Crippen molar-refractivity contribution in [3.8, 4) is 0 Å². The molecule has 0 spiro atoms. The molecule has 5 nitrogen and oxygen atoms in total. The number of amides is 2. The average Bonchev–Trinajstić information content (AvgIpc) is 2.82. The van der Waals surface area contributed by atoms with Crippen LogP contribution in [0.3, 0.4) is 0 Å². The molecule has 0 saturated carbocycles. The number of aromatic nitrogens is 1. The predicted octanol–water partition coefficient (Wildman–Crippen LogP) is 3.48. The van der Waals surface area contributed by atoms with E-state index in [9.17, 15) is 9.59 Å². The highest BCUT2D eigenvalue weighted by molar-refractivity contribution is 5.96. The van der Waals surface area contributed by atoms with Gasteiger partial charge in [-0.3, -0.25) is 14.6 Å². The lowest BCUT2D eigenvalue weighted by Crippen LogP contribution is -2.37. The van der Waals surface area contributed by atoms with Crippen LogP contribution in [0.1, 0.15) is 43.1 Å². The number of carbonyl (C=O) groups is 2. The Labute approximate surface area is 176 Å². The van der Waals surface area contributed by atoms with Crippen molar-refractivity contribution in [2.24, 2.45) is 0 Å². The Morgan fingerprint density at radius 3 is 1.73 bits per heavy atom. The van der Waals surface area contributed by atoms with Gasteiger partial charge in [-0.2, -0.15) is 0 Å². The van der Waals surface area contributed by atoms with Crippen molar-refractivity contribution in [3.63, 3.8) is 0 Å². The van der Waals surface area contributed by atoms with E-state index in [0.29, 0.717) is 37.4 Å². The molecule has 2 amide bonds. The molecule has 0 atom stereocenters. The molecular weight excluding hydrogens is 374 g/mol. The van der Waals surface area contributed by atoms with E-state index in [1.807, 2.05) is 34.1 Å². The molecule has 0 radical (unpaired) electrons. The third-order valence-electron chi connectivity index (χ3n) is 6.07. The van der Waals surface area contributed by atoms with E-state index in [1.165, 1.54) is 28.5 Å². The maximum absolute atomic E-state index is 12.9. The van der Waals surface area contributed by atoms with Gasteiger partial charge in [0.25, 0.3) is 11.8 Å². The quantitative estimate of drug-likeness (QED) is 0.665. The van der Waals surface area contributed by atoms with Crippen molar-refractivity contribution in [3.05, 3.63) is 100 Å². The van der Waals surface area contributed by atoms with Gasteiger partial charge in [0.05, 0.1) is 5.56 Å². The first-order valence-corrected chi connectivity index (χ1v) is 10.4. The fourth-order valence-electron chi connectivity index (χ4n) is 4.33. The summed E-state index contributed by atoms with van der Waals surface area (Å²) in [6, 6.07) is 19.9. The molecule has 0 aliphatic carbocycles. The first-order valence-electron chi connectivity index (χ1n) is 10.4. The molecule has 2 aliphatic heterocycles. The van der Waals surface area contributed by atoms with Crippen molar-refractivity contribution in [1.82, 2.24) is 14.8 Å². The van der Waals surface area contributed by atoms with Crippen LogP contribution in [-0.2, 0) is 25.9 Å². The average molecular weight is 397 g/mol. The largest absolute Gasteiger partial charge is 0.334 e. The van der Waals surface area contributed by atoms with Gasteiger partial charge < -0.3 is 9.80 Å². The highest BCUT2D eigenvalue weighted by Gasteiger charge is 2.24. The molecule has 3 aromatic rings. The van der Waals surface area contributed by atoms with Crippen molar-refractivity contribution < 1.29 is 9.59 Å². The van der Waals surface area contributed by atoms with Crippen LogP contribution in [0.25, 0.3) is 0 Å². The van der Waals surface area contributed by atoms with Gasteiger partial charge in [0.1, 0.15) is 5.69 Å². The smallest absolute Gasteiger partial charge is 0.272 e.